The summed E-state index contributed by atoms with van der Waals surface area (Å²) in [4.78, 5) is 47.1. The maximum Gasteiger partial charge on any atom is 0.315 e. The quantitative estimate of drug-likeness (QED) is 0.143. The van der Waals surface area contributed by atoms with Gasteiger partial charge in [0.2, 0.25) is 0 Å². The van der Waals surface area contributed by atoms with Gasteiger partial charge < -0.3 is 9.13 Å². The zero-order valence-electron chi connectivity index (χ0n) is 57.6. The zero-order valence-corrected chi connectivity index (χ0v) is 57.1. The van der Waals surface area contributed by atoms with Crippen LogP contribution in [0.15, 0.2) is 239 Å². The predicted octanol–water partition coefficient (Wildman–Crippen LogP) is 11.5. The van der Waals surface area contributed by atoms with Crippen LogP contribution in [-0.2, 0) is 46.7 Å². The summed E-state index contributed by atoms with van der Waals surface area (Å²) in [5.41, 5.74) is 25.0. The van der Waals surface area contributed by atoms with E-state index >= 15 is 0 Å². The number of benzene rings is 1. The fourth-order valence-electron chi connectivity index (χ4n) is 15.8. The molecule has 5 aliphatic rings. The number of aromatic nitrogens is 22. The Hall–Kier alpha value is -13.0. The average molecular weight is 1400 g/mol. The average Bonchev–Trinajstić information content (AvgIpc) is 1.58. The molecule has 25 heteroatoms. The second-order valence-electron chi connectivity index (χ2n) is 25.9. The molecule has 0 saturated carbocycles. The van der Waals surface area contributed by atoms with Crippen molar-refractivity contribution in [2.45, 2.75) is 32.7 Å². The summed E-state index contributed by atoms with van der Waals surface area (Å²) >= 11 is 5.11. The van der Waals surface area contributed by atoms with Gasteiger partial charge in [-0.05, 0) is 119 Å². The molecule has 490 valence electrons. The number of rotatable bonds is 1. The lowest BCUT2D eigenvalue weighted by atomic mass is 10.2. The first-order chi connectivity index (χ1) is 52.1. The first-order valence-corrected chi connectivity index (χ1v) is 35.9. The molecule has 0 atom stereocenters. The topological polar surface area (TPSA) is 181 Å². The maximum atomic E-state index is 7.90. The molecule has 20 aromatic heterocycles. The lowest BCUT2D eigenvalue weighted by Crippen LogP contribution is -2.30. The largest absolute Gasteiger partial charge is 0.329 e. The van der Waals surface area contributed by atoms with Crippen molar-refractivity contribution in [2.24, 2.45) is 14.0 Å². The molecule has 0 bridgehead atoms. The Morgan fingerprint density at radius 2 is 0.981 bits per heavy atom. The van der Waals surface area contributed by atoms with Crippen LogP contribution in [0.25, 0.3) is 147 Å². The van der Waals surface area contributed by atoms with E-state index in [0.29, 0.717) is 5.52 Å². The molecule has 26 rings (SSSR count). The molecule has 0 fully saturated rings. The summed E-state index contributed by atoms with van der Waals surface area (Å²) in [6.07, 6.45) is 38.1. The van der Waals surface area contributed by atoms with Gasteiger partial charge in [0.1, 0.15) is 35.7 Å². The molecule has 0 unspecified atom stereocenters. The van der Waals surface area contributed by atoms with Gasteiger partial charge in [-0.15, -0.1) is 0 Å². The number of fused-ring (bicyclic) bond motifs is 35. The van der Waals surface area contributed by atoms with E-state index in [1.54, 1.807) is 18.6 Å². The molecule has 5 aliphatic heterocycles. The van der Waals surface area contributed by atoms with E-state index in [9.17, 15) is 0 Å². The van der Waals surface area contributed by atoms with E-state index in [1.807, 2.05) is 152 Å². The van der Waals surface area contributed by atoms with Gasteiger partial charge >= 0.3 is 5.82 Å². The molecule has 0 spiro atoms. The van der Waals surface area contributed by atoms with Crippen molar-refractivity contribution in [3.05, 3.63) is 267 Å². The molecule has 0 saturated heterocycles. The third-order valence-electron chi connectivity index (χ3n) is 20.2. The van der Waals surface area contributed by atoms with Crippen molar-refractivity contribution in [3.8, 4) is 60.7 Å². The Kier molecular flexibility index (Phi) is 11.9. The molecule has 0 radical (unpaired) electrons. The lowest BCUT2D eigenvalue weighted by Gasteiger charge is -2.04. The Bertz CT molecular complexity index is 7240. The minimum absolute atomic E-state index is 0.646. The van der Waals surface area contributed by atoms with Crippen molar-refractivity contribution in [1.29, 1.82) is 0 Å². The fourth-order valence-corrected chi connectivity index (χ4v) is 19.6. The highest BCUT2D eigenvalue weighted by Crippen LogP contribution is 2.43. The highest BCUT2D eigenvalue weighted by Gasteiger charge is 2.40. The number of aryl methyl sites for hydroxylation is 2. The molecule has 0 amide bonds. The lowest BCUT2D eigenvalue weighted by molar-refractivity contribution is -0.670. The Balaban J connectivity index is 0.0000000830. The highest BCUT2D eigenvalue weighted by atomic mass is 32.1. The smallest absolute Gasteiger partial charge is 0.315 e. The van der Waals surface area contributed by atoms with Gasteiger partial charge in [0, 0.05) is 103 Å². The summed E-state index contributed by atoms with van der Waals surface area (Å²) in [7, 11) is 2.11. The van der Waals surface area contributed by atoms with E-state index < -0.39 is 6.98 Å². The number of imidazole rings is 4. The molecule has 1 aromatic carbocycles. The van der Waals surface area contributed by atoms with Crippen LogP contribution in [0.1, 0.15) is 31.9 Å². The fraction of sp³-hybridized carbons (Fsp3) is 0.0897. The monoisotopic (exact) mass is 1400 g/mol. The number of pyridine rings is 8. The second-order valence-corrected chi connectivity index (χ2v) is 28.8. The van der Waals surface area contributed by atoms with Crippen molar-refractivity contribution >= 4 is 120 Å². The van der Waals surface area contributed by atoms with E-state index in [-0.39, 0.29) is 0 Å². The number of hydrogen-bond acceptors (Lipinski definition) is 13. The zero-order chi connectivity index (χ0) is 70.2. The van der Waals surface area contributed by atoms with Gasteiger partial charge in [0.05, 0.1) is 80.7 Å². The summed E-state index contributed by atoms with van der Waals surface area (Å²) in [5.74, 6) is 1.15. The summed E-state index contributed by atoms with van der Waals surface area (Å²) in [6, 6.07) is 39.3. The highest BCUT2D eigenvalue weighted by molar-refractivity contribution is 7.21. The van der Waals surface area contributed by atoms with Crippen LogP contribution in [0.4, 0.5) is 0 Å². The van der Waals surface area contributed by atoms with Gasteiger partial charge in [-0.1, -0.05) is 30.3 Å². The number of para-hydroxylation sites is 1. The van der Waals surface area contributed by atoms with Gasteiger partial charge in [-0.25, -0.2) is 38.3 Å². The van der Waals surface area contributed by atoms with E-state index in [2.05, 4.69) is 198 Å². The SMILES string of the molecule is Cn1c2cnccc2c2c1sc1[n+]2Cc2cccnc2-1.[2H]C([2H])([2H])n1c2cnccc2c2c1sc1[n+]2Cc2cccnc2-1.c1ccc(-n2c3cnccc3c3c2sc2[n+]3Cc3cccnc3-2)cc1.c1cnc2c(c1)C[n+]1cc3n(cc4cnccn43)c1-2.c1cnc2c(c1)Cn1c[n+]3cc4ccncn4c3c1-2. The van der Waals surface area contributed by atoms with E-state index in [1.165, 1.54) is 96.4 Å². The predicted molar refractivity (Wildman–Crippen MR) is 394 cm³/mol. The van der Waals surface area contributed by atoms with Crippen molar-refractivity contribution in [2.75, 3.05) is 0 Å². The first kappa shape index (κ1) is 54.9. The van der Waals surface area contributed by atoms with Crippen LogP contribution in [0.5, 0.6) is 0 Å². The van der Waals surface area contributed by atoms with Crippen LogP contribution in [0.2, 0.25) is 0 Å². The summed E-state index contributed by atoms with van der Waals surface area (Å²) in [6.45, 7) is 2.07. The first-order valence-electron chi connectivity index (χ1n) is 35.0. The number of nitrogens with zero attached hydrogens (tertiary/aromatic N) is 22. The van der Waals surface area contributed by atoms with E-state index in [0.717, 1.165) is 121 Å². The minimum atomic E-state index is -2.24. The van der Waals surface area contributed by atoms with Crippen LogP contribution in [-0.4, -0.2) is 81.3 Å². The Morgan fingerprint density at radius 3 is 1.62 bits per heavy atom. The summed E-state index contributed by atoms with van der Waals surface area (Å²) in [5, 5.41) is 6.95. The van der Waals surface area contributed by atoms with Crippen molar-refractivity contribution in [1.82, 2.24) is 81.3 Å². The molecular formula is C78H55N22S3+5. The molecule has 21 aromatic rings. The molecule has 0 N–H and O–H groups in total. The van der Waals surface area contributed by atoms with Crippen LogP contribution in [0, 0.1) is 0 Å². The third kappa shape index (κ3) is 8.54. The van der Waals surface area contributed by atoms with Crippen LogP contribution < -0.4 is 22.7 Å². The number of thiazole rings is 3. The third-order valence-corrected chi connectivity index (χ3v) is 23.9. The second kappa shape index (κ2) is 22.3. The van der Waals surface area contributed by atoms with Crippen LogP contribution >= 0.6 is 34.0 Å². The van der Waals surface area contributed by atoms with Gasteiger partial charge in [-0.2, -0.15) is 18.1 Å². The summed E-state index contributed by atoms with van der Waals surface area (Å²) < 4.78 is 49.7. The molecule has 103 heavy (non-hydrogen) atoms. The minimum Gasteiger partial charge on any atom is -0.329 e. The Labute approximate surface area is 599 Å². The van der Waals surface area contributed by atoms with Gasteiger partial charge in [0.25, 0.3) is 42.9 Å². The van der Waals surface area contributed by atoms with Crippen LogP contribution in [0.3, 0.4) is 0 Å². The molecule has 0 aliphatic carbocycles. The standard InChI is InChI=1S/C20H13N4S.2C15H11N4S.2C14H10N5/c1-2-6-14(7-3-1)24-16-11-21-10-8-15(16)18-20(24)25-19-17-13(12-23(18)19)5-4-9-22-17;2*1-18-11-7-16-6-4-10(11)13-15(18)20-14-12-9(8-19(13)14)3-2-5-17-12;1-2-10-6-17-9-18-7-11-3-5-15-8-19(11)14(18)13(17)12(10)16-4-1;1-2-10-7-17-9-12-18-5-4-15-6-11(18)8-19(12)14(17)13(10)16-3-1/h1-11H,12H2;2*2-7H,8H2,1H3;1-5,7-9H,6H2;1-6,8-9H,7H2/q5*+1/i;1D3;;;. The molecular weight excluding hydrogens is 1340 g/mol. The Morgan fingerprint density at radius 1 is 0.447 bits per heavy atom. The van der Waals surface area contributed by atoms with Crippen molar-refractivity contribution in [3.63, 3.8) is 0 Å². The molecule has 25 heterocycles. The normalized spacial score (nSPS) is 13.5. The van der Waals surface area contributed by atoms with Gasteiger partial charge in [0.15, 0.2) is 81.4 Å². The maximum absolute atomic E-state index is 7.90. The van der Waals surface area contributed by atoms with Crippen molar-refractivity contribution < 1.29 is 26.8 Å². The number of hydrogen-bond donors (Lipinski definition) is 0. The van der Waals surface area contributed by atoms with E-state index in [4.69, 9.17) is 4.11 Å². The van der Waals surface area contributed by atoms with Gasteiger partial charge in [-0.3, -0.25) is 38.5 Å². The molecule has 22 nitrogen and oxygen atoms in total.